The van der Waals surface area contributed by atoms with E-state index in [0.717, 1.165) is 22.3 Å². The summed E-state index contributed by atoms with van der Waals surface area (Å²) in [5.41, 5.74) is 3.52. The molecule has 3 aromatic rings. The number of sulfonamides is 1. The highest BCUT2D eigenvalue weighted by Gasteiger charge is 2.29. The third kappa shape index (κ3) is 3.89. The highest BCUT2D eigenvalue weighted by Crippen LogP contribution is 2.27. The third-order valence-electron chi connectivity index (χ3n) is 4.32. The van der Waals surface area contributed by atoms with E-state index in [2.05, 4.69) is 0 Å². The van der Waals surface area contributed by atoms with Gasteiger partial charge in [0, 0.05) is 6.54 Å². The molecule has 0 radical (unpaired) electrons. The van der Waals surface area contributed by atoms with Crippen molar-refractivity contribution in [3.05, 3.63) is 88.9 Å². The quantitative estimate of drug-likeness (QED) is 0.638. The van der Waals surface area contributed by atoms with Crippen LogP contribution in [0.1, 0.15) is 28.0 Å². The highest BCUT2D eigenvalue weighted by molar-refractivity contribution is 7.89. The zero-order valence-electron chi connectivity index (χ0n) is 15.3. The van der Waals surface area contributed by atoms with E-state index in [1.54, 1.807) is 18.4 Å². The van der Waals surface area contributed by atoms with Gasteiger partial charge < -0.3 is 4.42 Å². The molecule has 1 aromatic heterocycles. The van der Waals surface area contributed by atoms with Crippen LogP contribution in [0.5, 0.6) is 0 Å². The van der Waals surface area contributed by atoms with Crippen molar-refractivity contribution in [2.45, 2.75) is 38.8 Å². The van der Waals surface area contributed by atoms with Crippen LogP contribution in [0.4, 0.5) is 0 Å². The SMILES string of the molecule is Cc1cc(C)c(S(=O)(=O)N(Cc2ccccc2)Cc2ccco2)c(C)c1. The zero-order chi connectivity index (χ0) is 18.7. The summed E-state index contributed by atoms with van der Waals surface area (Å²) in [5.74, 6) is 0.618. The average Bonchev–Trinajstić information content (AvgIpc) is 3.07. The van der Waals surface area contributed by atoms with Crippen LogP contribution in [-0.2, 0) is 23.1 Å². The highest BCUT2D eigenvalue weighted by atomic mass is 32.2. The van der Waals surface area contributed by atoms with Crippen LogP contribution in [0.2, 0.25) is 0 Å². The van der Waals surface area contributed by atoms with Gasteiger partial charge >= 0.3 is 0 Å². The molecule has 0 saturated heterocycles. The summed E-state index contributed by atoms with van der Waals surface area (Å²) >= 11 is 0. The summed E-state index contributed by atoms with van der Waals surface area (Å²) < 4.78 is 33.9. The first-order valence-corrected chi connectivity index (χ1v) is 9.96. The molecule has 3 rings (SSSR count). The smallest absolute Gasteiger partial charge is 0.244 e. The first-order valence-electron chi connectivity index (χ1n) is 8.52. The molecule has 0 unspecified atom stereocenters. The Morgan fingerprint density at radius 2 is 1.54 bits per heavy atom. The lowest BCUT2D eigenvalue weighted by molar-refractivity contribution is 0.358. The van der Waals surface area contributed by atoms with Crippen LogP contribution in [0.15, 0.2) is 70.2 Å². The first-order chi connectivity index (χ1) is 12.4. The number of hydrogen-bond acceptors (Lipinski definition) is 3. The van der Waals surface area contributed by atoms with Gasteiger partial charge in [-0.3, -0.25) is 0 Å². The Kier molecular flexibility index (Phi) is 5.30. The summed E-state index contributed by atoms with van der Waals surface area (Å²) in [6.07, 6.45) is 1.56. The molecular weight excluding hydrogens is 346 g/mol. The Morgan fingerprint density at radius 3 is 2.12 bits per heavy atom. The topological polar surface area (TPSA) is 50.5 Å². The molecule has 5 heteroatoms. The van der Waals surface area contributed by atoms with Crippen LogP contribution in [0, 0.1) is 20.8 Å². The molecule has 0 bridgehead atoms. The maximum absolute atomic E-state index is 13.5. The van der Waals surface area contributed by atoms with Gasteiger partial charge in [0.1, 0.15) is 5.76 Å². The van der Waals surface area contributed by atoms with E-state index >= 15 is 0 Å². The normalized spacial score (nSPS) is 11.8. The van der Waals surface area contributed by atoms with Crippen LogP contribution < -0.4 is 0 Å². The minimum atomic E-state index is -3.68. The number of furan rings is 1. The van der Waals surface area contributed by atoms with E-state index in [9.17, 15) is 8.42 Å². The molecule has 2 aromatic carbocycles. The Labute approximate surface area is 155 Å². The second-order valence-electron chi connectivity index (χ2n) is 6.57. The number of aryl methyl sites for hydroxylation is 3. The van der Waals surface area contributed by atoms with Crippen LogP contribution >= 0.6 is 0 Å². The molecule has 0 saturated carbocycles. The van der Waals surface area contributed by atoms with Crippen molar-refractivity contribution in [3.8, 4) is 0 Å². The molecule has 0 spiro atoms. The van der Waals surface area contributed by atoms with Crippen LogP contribution in [-0.4, -0.2) is 12.7 Å². The number of rotatable bonds is 6. The second-order valence-corrected chi connectivity index (χ2v) is 8.44. The summed E-state index contributed by atoms with van der Waals surface area (Å²) in [4.78, 5) is 0.380. The molecule has 0 aliphatic rings. The second kappa shape index (κ2) is 7.48. The molecule has 0 aliphatic heterocycles. The maximum Gasteiger partial charge on any atom is 0.244 e. The summed E-state index contributed by atoms with van der Waals surface area (Å²) in [5, 5.41) is 0. The minimum absolute atomic E-state index is 0.191. The Hall–Kier alpha value is -2.37. The molecule has 0 aliphatic carbocycles. The lowest BCUT2D eigenvalue weighted by Gasteiger charge is -2.24. The zero-order valence-corrected chi connectivity index (χ0v) is 16.1. The monoisotopic (exact) mass is 369 g/mol. The number of hydrogen-bond donors (Lipinski definition) is 0. The van der Waals surface area contributed by atoms with E-state index < -0.39 is 10.0 Å². The van der Waals surface area contributed by atoms with Gasteiger partial charge in [-0.15, -0.1) is 0 Å². The number of nitrogens with zero attached hydrogens (tertiary/aromatic N) is 1. The molecule has 0 atom stereocenters. The van der Waals surface area contributed by atoms with Crippen LogP contribution in [0.3, 0.4) is 0 Å². The fourth-order valence-corrected chi connectivity index (χ4v) is 5.10. The maximum atomic E-state index is 13.5. The number of benzene rings is 2. The Bertz CT molecular complexity index is 954. The van der Waals surface area contributed by atoms with Crippen molar-refractivity contribution in [3.63, 3.8) is 0 Å². The van der Waals surface area contributed by atoms with Crippen molar-refractivity contribution >= 4 is 10.0 Å². The predicted molar refractivity (Wildman–Crippen MR) is 102 cm³/mol. The van der Waals surface area contributed by atoms with Gasteiger partial charge in [-0.05, 0) is 49.6 Å². The van der Waals surface area contributed by atoms with Gasteiger partial charge in [0.05, 0.1) is 17.7 Å². The van der Waals surface area contributed by atoms with Gasteiger partial charge in [-0.1, -0.05) is 48.0 Å². The summed E-state index contributed by atoms with van der Waals surface area (Å²) in [6, 6.07) is 17.0. The van der Waals surface area contributed by atoms with Crippen molar-refractivity contribution in [1.29, 1.82) is 0 Å². The van der Waals surface area contributed by atoms with Crippen molar-refractivity contribution in [2.24, 2.45) is 0 Å². The lowest BCUT2D eigenvalue weighted by Crippen LogP contribution is -2.31. The summed E-state index contributed by atoms with van der Waals surface area (Å²) in [7, 11) is -3.68. The van der Waals surface area contributed by atoms with Crippen LogP contribution in [0.25, 0.3) is 0 Å². The van der Waals surface area contributed by atoms with E-state index in [1.165, 1.54) is 4.31 Å². The van der Waals surface area contributed by atoms with Crippen molar-refractivity contribution in [2.75, 3.05) is 0 Å². The molecule has 1 heterocycles. The Morgan fingerprint density at radius 1 is 0.885 bits per heavy atom. The third-order valence-corrected chi connectivity index (χ3v) is 6.41. The lowest BCUT2D eigenvalue weighted by atomic mass is 10.1. The molecular formula is C21H23NO3S. The molecule has 0 amide bonds. The molecule has 26 heavy (non-hydrogen) atoms. The van der Waals surface area contributed by atoms with E-state index in [0.29, 0.717) is 10.7 Å². The standard InChI is InChI=1S/C21H23NO3S/c1-16-12-17(2)21(18(3)13-16)26(23,24)22(15-20-10-7-11-25-20)14-19-8-5-4-6-9-19/h4-13H,14-15H2,1-3H3. The predicted octanol–water partition coefficient (Wildman–Crippen LogP) is 4.60. The Balaban J connectivity index is 2.05. The van der Waals surface area contributed by atoms with Gasteiger partial charge in [0.2, 0.25) is 10.0 Å². The van der Waals surface area contributed by atoms with Gasteiger partial charge in [-0.2, -0.15) is 4.31 Å². The fraction of sp³-hybridized carbons (Fsp3) is 0.238. The van der Waals surface area contributed by atoms with Crippen molar-refractivity contribution < 1.29 is 12.8 Å². The summed E-state index contributed by atoms with van der Waals surface area (Å²) in [6.45, 7) is 6.15. The average molecular weight is 369 g/mol. The minimum Gasteiger partial charge on any atom is -0.468 e. The van der Waals surface area contributed by atoms with E-state index in [4.69, 9.17) is 4.42 Å². The van der Waals surface area contributed by atoms with E-state index in [-0.39, 0.29) is 13.1 Å². The molecule has 136 valence electrons. The van der Waals surface area contributed by atoms with E-state index in [1.807, 2.05) is 63.2 Å². The fourth-order valence-electron chi connectivity index (χ4n) is 3.29. The van der Waals surface area contributed by atoms with Crippen molar-refractivity contribution in [1.82, 2.24) is 4.31 Å². The molecule has 0 fully saturated rings. The largest absolute Gasteiger partial charge is 0.468 e. The first kappa shape index (κ1) is 18.4. The molecule has 0 N–H and O–H groups in total. The molecule has 4 nitrogen and oxygen atoms in total. The van der Waals surface area contributed by atoms with Gasteiger partial charge in [0.15, 0.2) is 0 Å². The van der Waals surface area contributed by atoms with Gasteiger partial charge in [0.25, 0.3) is 0 Å². The van der Waals surface area contributed by atoms with Gasteiger partial charge in [-0.25, -0.2) is 8.42 Å².